The van der Waals surface area contributed by atoms with Crippen molar-refractivity contribution in [3.63, 3.8) is 0 Å². The van der Waals surface area contributed by atoms with Crippen LogP contribution in [0.25, 0.3) is 0 Å². The lowest BCUT2D eigenvalue weighted by molar-refractivity contribution is 0.160. The minimum absolute atomic E-state index is 0.0535. The van der Waals surface area contributed by atoms with Crippen LogP contribution in [0.2, 0.25) is 0 Å². The molecule has 2 rings (SSSR count). The van der Waals surface area contributed by atoms with Crippen LogP contribution < -0.4 is 5.73 Å². The van der Waals surface area contributed by atoms with Gasteiger partial charge >= 0.3 is 0 Å². The summed E-state index contributed by atoms with van der Waals surface area (Å²) in [5.41, 5.74) is 8.12. The lowest BCUT2D eigenvalue weighted by Crippen LogP contribution is -2.43. The van der Waals surface area contributed by atoms with Gasteiger partial charge in [-0.3, -0.25) is 0 Å². The van der Waals surface area contributed by atoms with Crippen LogP contribution in [0.15, 0.2) is 10.8 Å². The van der Waals surface area contributed by atoms with Crippen LogP contribution in [0.5, 0.6) is 0 Å². The SMILES string of the molecule is CC1Cc2cscc2C1(N)CO. The molecule has 0 fully saturated rings. The van der Waals surface area contributed by atoms with E-state index in [4.69, 9.17) is 5.73 Å². The Hall–Kier alpha value is -0.380. The molecule has 66 valence electrons. The zero-order valence-electron chi connectivity index (χ0n) is 7.08. The molecule has 0 aliphatic heterocycles. The summed E-state index contributed by atoms with van der Waals surface area (Å²) in [5.74, 6) is 0.362. The van der Waals surface area contributed by atoms with E-state index in [2.05, 4.69) is 17.7 Å². The van der Waals surface area contributed by atoms with Crippen molar-refractivity contribution in [2.45, 2.75) is 18.9 Å². The highest BCUT2D eigenvalue weighted by Gasteiger charge is 2.41. The molecule has 2 unspecified atom stereocenters. The van der Waals surface area contributed by atoms with Gasteiger partial charge in [-0.2, -0.15) is 11.3 Å². The summed E-state index contributed by atoms with van der Waals surface area (Å²) < 4.78 is 0. The molecule has 0 aromatic carbocycles. The number of nitrogens with two attached hydrogens (primary N) is 1. The van der Waals surface area contributed by atoms with E-state index < -0.39 is 5.54 Å². The van der Waals surface area contributed by atoms with E-state index in [-0.39, 0.29) is 6.61 Å². The predicted octanol–water partition coefficient (Wildman–Crippen LogP) is 1.09. The van der Waals surface area contributed by atoms with Gasteiger partial charge in [0, 0.05) is 0 Å². The van der Waals surface area contributed by atoms with Crippen molar-refractivity contribution in [1.82, 2.24) is 0 Å². The number of aliphatic hydroxyl groups is 1. The van der Waals surface area contributed by atoms with Gasteiger partial charge in [0.15, 0.2) is 0 Å². The summed E-state index contributed by atoms with van der Waals surface area (Å²) in [6.07, 6.45) is 1.01. The first-order valence-electron chi connectivity index (χ1n) is 4.14. The molecule has 1 aliphatic carbocycles. The topological polar surface area (TPSA) is 46.2 Å². The molecule has 2 nitrogen and oxygen atoms in total. The summed E-state index contributed by atoms with van der Waals surface area (Å²) in [5, 5.41) is 13.4. The third-order valence-electron chi connectivity index (χ3n) is 2.91. The average molecular weight is 183 g/mol. The van der Waals surface area contributed by atoms with Crippen LogP contribution in [0, 0.1) is 5.92 Å². The second-order valence-electron chi connectivity index (χ2n) is 3.61. The molecule has 1 heterocycles. The van der Waals surface area contributed by atoms with Crippen molar-refractivity contribution >= 4 is 11.3 Å². The van der Waals surface area contributed by atoms with Gasteiger partial charge in [-0.25, -0.2) is 0 Å². The zero-order chi connectivity index (χ0) is 8.77. The van der Waals surface area contributed by atoms with Crippen molar-refractivity contribution in [3.05, 3.63) is 21.9 Å². The Bertz CT molecular complexity index is 296. The highest BCUT2D eigenvalue weighted by molar-refractivity contribution is 7.08. The number of hydrogen-bond acceptors (Lipinski definition) is 3. The molecule has 12 heavy (non-hydrogen) atoms. The monoisotopic (exact) mass is 183 g/mol. The first kappa shape index (κ1) is 8.23. The molecule has 0 spiro atoms. The maximum absolute atomic E-state index is 9.24. The lowest BCUT2D eigenvalue weighted by atomic mass is 9.88. The molecule has 1 aromatic rings. The summed E-state index contributed by atoms with van der Waals surface area (Å²) in [6.45, 7) is 2.15. The Morgan fingerprint density at radius 2 is 2.50 bits per heavy atom. The molecule has 0 saturated heterocycles. The van der Waals surface area contributed by atoms with Crippen molar-refractivity contribution in [1.29, 1.82) is 0 Å². The van der Waals surface area contributed by atoms with Crippen LogP contribution in [-0.4, -0.2) is 11.7 Å². The molecule has 0 saturated carbocycles. The number of hydrogen-bond donors (Lipinski definition) is 2. The highest BCUT2D eigenvalue weighted by Crippen LogP contribution is 2.40. The first-order chi connectivity index (χ1) is 5.68. The maximum atomic E-state index is 9.24. The van der Waals surface area contributed by atoms with E-state index >= 15 is 0 Å². The van der Waals surface area contributed by atoms with E-state index in [1.165, 1.54) is 5.56 Å². The Labute approximate surface area is 76.0 Å². The minimum Gasteiger partial charge on any atom is -0.394 e. The van der Waals surface area contributed by atoms with Crippen LogP contribution in [0.3, 0.4) is 0 Å². The fourth-order valence-corrected chi connectivity index (χ4v) is 2.87. The summed E-state index contributed by atoms with van der Waals surface area (Å²) in [6, 6.07) is 0. The van der Waals surface area contributed by atoms with E-state index in [0.717, 1.165) is 12.0 Å². The Kier molecular flexibility index (Phi) is 1.75. The summed E-state index contributed by atoms with van der Waals surface area (Å²) in [4.78, 5) is 0. The van der Waals surface area contributed by atoms with E-state index in [0.29, 0.717) is 5.92 Å². The molecule has 3 heteroatoms. The Morgan fingerprint density at radius 3 is 3.17 bits per heavy atom. The van der Waals surface area contributed by atoms with Gasteiger partial charge in [0.05, 0.1) is 12.1 Å². The van der Waals surface area contributed by atoms with Crippen molar-refractivity contribution < 1.29 is 5.11 Å². The number of rotatable bonds is 1. The van der Waals surface area contributed by atoms with E-state index in [1.54, 1.807) is 11.3 Å². The molecule has 2 atom stereocenters. The second kappa shape index (κ2) is 2.55. The average Bonchev–Trinajstić information content (AvgIpc) is 2.57. The predicted molar refractivity (Wildman–Crippen MR) is 50.1 cm³/mol. The van der Waals surface area contributed by atoms with Crippen LogP contribution in [0.4, 0.5) is 0 Å². The quantitative estimate of drug-likeness (QED) is 0.684. The Morgan fingerprint density at radius 1 is 1.75 bits per heavy atom. The largest absolute Gasteiger partial charge is 0.394 e. The fourth-order valence-electron chi connectivity index (χ4n) is 1.91. The smallest absolute Gasteiger partial charge is 0.0684 e. The maximum Gasteiger partial charge on any atom is 0.0684 e. The molecule has 0 bridgehead atoms. The zero-order valence-corrected chi connectivity index (χ0v) is 7.90. The van der Waals surface area contributed by atoms with Crippen molar-refractivity contribution in [2.24, 2.45) is 11.7 Å². The standard InChI is InChI=1S/C9H13NOS/c1-6-2-7-3-12-4-8(7)9(6,10)5-11/h3-4,6,11H,2,5,10H2,1H3. The van der Waals surface area contributed by atoms with Gasteiger partial charge in [-0.05, 0) is 34.2 Å². The third-order valence-corrected chi connectivity index (χ3v) is 3.70. The minimum atomic E-state index is -0.477. The normalized spacial score (nSPS) is 33.8. The van der Waals surface area contributed by atoms with Gasteiger partial charge < -0.3 is 10.8 Å². The molecule has 0 radical (unpaired) electrons. The number of thiophene rings is 1. The lowest BCUT2D eigenvalue weighted by Gasteiger charge is -2.27. The van der Waals surface area contributed by atoms with Gasteiger partial charge in [-0.1, -0.05) is 6.92 Å². The van der Waals surface area contributed by atoms with Crippen molar-refractivity contribution in [3.8, 4) is 0 Å². The van der Waals surface area contributed by atoms with Crippen LogP contribution in [-0.2, 0) is 12.0 Å². The Balaban J connectivity index is 2.48. The van der Waals surface area contributed by atoms with E-state index in [1.807, 2.05) is 0 Å². The first-order valence-corrected chi connectivity index (χ1v) is 5.08. The summed E-state index contributed by atoms with van der Waals surface area (Å²) in [7, 11) is 0. The molecule has 3 N–H and O–H groups in total. The van der Waals surface area contributed by atoms with Gasteiger partial charge in [0.1, 0.15) is 0 Å². The molecule has 0 amide bonds. The third kappa shape index (κ3) is 0.873. The molecular weight excluding hydrogens is 170 g/mol. The van der Waals surface area contributed by atoms with E-state index in [9.17, 15) is 5.11 Å². The van der Waals surface area contributed by atoms with Crippen molar-refractivity contribution in [2.75, 3.05) is 6.61 Å². The van der Waals surface area contributed by atoms with Gasteiger partial charge in [-0.15, -0.1) is 0 Å². The van der Waals surface area contributed by atoms with Gasteiger partial charge in [0.2, 0.25) is 0 Å². The number of fused-ring (bicyclic) bond motifs is 1. The molecule has 1 aliphatic rings. The fraction of sp³-hybridized carbons (Fsp3) is 0.556. The van der Waals surface area contributed by atoms with Gasteiger partial charge in [0.25, 0.3) is 0 Å². The number of aliphatic hydroxyl groups excluding tert-OH is 1. The second-order valence-corrected chi connectivity index (χ2v) is 4.36. The highest BCUT2D eigenvalue weighted by atomic mass is 32.1. The molecule has 1 aromatic heterocycles. The summed E-state index contributed by atoms with van der Waals surface area (Å²) >= 11 is 1.67. The van der Waals surface area contributed by atoms with Crippen LogP contribution in [0.1, 0.15) is 18.1 Å². The molecular formula is C9H13NOS. The van der Waals surface area contributed by atoms with Crippen LogP contribution >= 0.6 is 11.3 Å².